The molecule has 28 heavy (non-hydrogen) atoms. The van der Waals surface area contributed by atoms with Crippen molar-refractivity contribution in [2.45, 2.75) is 19.3 Å². The van der Waals surface area contributed by atoms with E-state index >= 15 is 0 Å². The highest BCUT2D eigenvalue weighted by Gasteiger charge is 2.17. The molecular formula is C22H24N2O4. The Hall–Kier alpha value is -2.99. The van der Waals surface area contributed by atoms with E-state index in [1.807, 2.05) is 36.5 Å². The molecule has 4 rings (SSSR count). The van der Waals surface area contributed by atoms with E-state index < -0.39 is 0 Å². The molecule has 0 spiro atoms. The van der Waals surface area contributed by atoms with Gasteiger partial charge in [0.15, 0.2) is 11.5 Å². The molecule has 0 radical (unpaired) electrons. The number of pyridine rings is 1. The summed E-state index contributed by atoms with van der Waals surface area (Å²) < 4.78 is 16.6. The number of hydrogen-bond acceptors (Lipinski definition) is 6. The molecular weight excluding hydrogens is 356 g/mol. The number of anilines is 1. The average molecular weight is 380 g/mol. The second-order valence-electron chi connectivity index (χ2n) is 6.68. The molecule has 2 N–H and O–H groups in total. The summed E-state index contributed by atoms with van der Waals surface area (Å²) in [5, 5.41) is 14.4. The van der Waals surface area contributed by atoms with Crippen LogP contribution in [0.25, 0.3) is 21.9 Å². The number of aliphatic hydroxyl groups excluding tert-OH is 1. The predicted molar refractivity (Wildman–Crippen MR) is 109 cm³/mol. The van der Waals surface area contributed by atoms with Gasteiger partial charge in [-0.05, 0) is 43.0 Å². The van der Waals surface area contributed by atoms with Gasteiger partial charge >= 0.3 is 0 Å². The molecule has 2 heterocycles. The predicted octanol–water partition coefficient (Wildman–Crippen LogP) is 4.21. The smallest absolute Gasteiger partial charge is 0.231 e. The minimum Gasteiger partial charge on any atom is -0.496 e. The minimum absolute atomic E-state index is 0.239. The van der Waals surface area contributed by atoms with Crippen LogP contribution >= 0.6 is 0 Å². The van der Waals surface area contributed by atoms with Gasteiger partial charge in [-0.15, -0.1) is 0 Å². The fraction of sp³-hybridized carbons (Fsp3) is 0.318. The third-order valence-electron chi connectivity index (χ3n) is 4.90. The minimum atomic E-state index is 0.239. The zero-order chi connectivity index (χ0) is 19.3. The van der Waals surface area contributed by atoms with Crippen LogP contribution in [0.1, 0.15) is 19.3 Å². The Kier molecular flexibility index (Phi) is 5.48. The number of nitrogens with one attached hydrogen (secondary N) is 1. The number of fused-ring (bicyclic) bond motifs is 2. The Morgan fingerprint density at radius 3 is 2.86 bits per heavy atom. The van der Waals surface area contributed by atoms with Crippen LogP contribution in [0.3, 0.4) is 0 Å². The molecule has 1 aliphatic heterocycles. The van der Waals surface area contributed by atoms with E-state index in [1.165, 1.54) is 0 Å². The molecule has 0 unspecified atom stereocenters. The lowest BCUT2D eigenvalue weighted by Crippen LogP contribution is -2.05. The van der Waals surface area contributed by atoms with Gasteiger partial charge in [-0.2, -0.15) is 0 Å². The SMILES string of the molecule is COc1cccc2c(NCCCCCO)ncc(-c3ccc4c(c3)OCO4)c12. The highest BCUT2D eigenvalue weighted by molar-refractivity contribution is 6.05. The van der Waals surface area contributed by atoms with E-state index in [0.717, 1.165) is 70.8 Å². The Bertz CT molecular complexity index is 974. The number of ether oxygens (including phenoxy) is 3. The zero-order valence-corrected chi connectivity index (χ0v) is 15.9. The van der Waals surface area contributed by atoms with Crippen molar-refractivity contribution in [3.05, 3.63) is 42.6 Å². The lowest BCUT2D eigenvalue weighted by atomic mass is 9.99. The summed E-state index contributed by atoms with van der Waals surface area (Å²) in [6.45, 7) is 1.30. The molecule has 146 valence electrons. The van der Waals surface area contributed by atoms with Gasteiger partial charge in [0.2, 0.25) is 6.79 Å². The van der Waals surface area contributed by atoms with E-state index in [0.29, 0.717) is 0 Å². The molecule has 6 nitrogen and oxygen atoms in total. The number of benzene rings is 2. The van der Waals surface area contributed by atoms with Crippen LogP contribution < -0.4 is 19.5 Å². The summed E-state index contributed by atoms with van der Waals surface area (Å²) in [6, 6.07) is 11.9. The monoisotopic (exact) mass is 380 g/mol. The fourth-order valence-electron chi connectivity index (χ4n) is 3.48. The zero-order valence-electron chi connectivity index (χ0n) is 15.9. The summed E-state index contributed by atoms with van der Waals surface area (Å²) in [4.78, 5) is 4.68. The van der Waals surface area contributed by atoms with Crippen LogP contribution in [0, 0.1) is 0 Å². The Balaban J connectivity index is 1.72. The number of nitrogens with zero attached hydrogens (tertiary/aromatic N) is 1. The number of methoxy groups -OCH3 is 1. The normalized spacial score (nSPS) is 12.4. The van der Waals surface area contributed by atoms with Crippen LogP contribution in [0.15, 0.2) is 42.6 Å². The van der Waals surface area contributed by atoms with Crippen LogP contribution in [0.4, 0.5) is 5.82 Å². The van der Waals surface area contributed by atoms with Crippen LogP contribution in [-0.2, 0) is 0 Å². The van der Waals surface area contributed by atoms with Crippen molar-refractivity contribution in [2.75, 3.05) is 32.4 Å². The Labute approximate surface area is 164 Å². The fourth-order valence-corrected chi connectivity index (χ4v) is 3.48. The lowest BCUT2D eigenvalue weighted by molar-refractivity contribution is 0.174. The van der Waals surface area contributed by atoms with Crippen LogP contribution in [0.5, 0.6) is 17.2 Å². The molecule has 6 heteroatoms. The van der Waals surface area contributed by atoms with Crippen molar-refractivity contribution in [1.82, 2.24) is 4.98 Å². The van der Waals surface area contributed by atoms with Gasteiger partial charge in [0.1, 0.15) is 11.6 Å². The first-order valence-corrected chi connectivity index (χ1v) is 9.52. The standard InChI is InChI=1S/C22H24N2O4/c1-26-19-7-5-6-16-21(19)17(13-24-22(16)23-10-3-2-4-11-25)15-8-9-18-20(12-15)28-14-27-18/h5-9,12-13,25H,2-4,10-11,14H2,1H3,(H,23,24). The molecule has 0 amide bonds. The molecule has 0 fully saturated rings. The van der Waals surface area contributed by atoms with Gasteiger partial charge in [0.05, 0.1) is 7.11 Å². The van der Waals surface area contributed by atoms with Crippen molar-refractivity contribution in [2.24, 2.45) is 0 Å². The Morgan fingerprint density at radius 2 is 2.00 bits per heavy atom. The number of rotatable bonds is 8. The molecule has 1 aromatic heterocycles. The van der Waals surface area contributed by atoms with Gasteiger partial charge < -0.3 is 24.6 Å². The first-order chi connectivity index (χ1) is 13.8. The van der Waals surface area contributed by atoms with Gasteiger partial charge in [-0.3, -0.25) is 0 Å². The first-order valence-electron chi connectivity index (χ1n) is 9.52. The van der Waals surface area contributed by atoms with Crippen molar-refractivity contribution >= 4 is 16.6 Å². The molecule has 0 bridgehead atoms. The van der Waals surface area contributed by atoms with E-state index in [-0.39, 0.29) is 13.4 Å². The number of aromatic nitrogens is 1. The topological polar surface area (TPSA) is 72.8 Å². The van der Waals surface area contributed by atoms with E-state index in [1.54, 1.807) is 7.11 Å². The number of aliphatic hydroxyl groups is 1. The summed E-state index contributed by atoms with van der Waals surface area (Å²) in [7, 11) is 1.68. The van der Waals surface area contributed by atoms with Gasteiger partial charge in [-0.25, -0.2) is 4.98 Å². The molecule has 1 aliphatic rings. The summed E-state index contributed by atoms with van der Waals surface area (Å²) in [5.74, 6) is 3.14. The highest BCUT2D eigenvalue weighted by Crippen LogP contribution is 2.41. The van der Waals surface area contributed by atoms with Gasteiger partial charge in [-0.1, -0.05) is 18.2 Å². The maximum atomic E-state index is 8.92. The van der Waals surface area contributed by atoms with Crippen LogP contribution in [-0.4, -0.2) is 37.1 Å². The van der Waals surface area contributed by atoms with Crippen molar-refractivity contribution in [3.8, 4) is 28.4 Å². The maximum Gasteiger partial charge on any atom is 0.231 e. The largest absolute Gasteiger partial charge is 0.496 e. The molecule has 0 saturated heterocycles. The molecule has 3 aromatic rings. The van der Waals surface area contributed by atoms with Crippen molar-refractivity contribution < 1.29 is 19.3 Å². The highest BCUT2D eigenvalue weighted by atomic mass is 16.7. The molecule has 2 aromatic carbocycles. The number of unbranched alkanes of at least 4 members (excludes halogenated alkanes) is 2. The second kappa shape index (κ2) is 8.35. The molecule has 0 saturated carbocycles. The Morgan fingerprint density at radius 1 is 1.11 bits per heavy atom. The third kappa shape index (κ3) is 3.55. The molecule has 0 atom stereocenters. The van der Waals surface area contributed by atoms with E-state index in [2.05, 4.69) is 16.4 Å². The maximum absolute atomic E-state index is 8.92. The van der Waals surface area contributed by atoms with E-state index in [9.17, 15) is 0 Å². The quantitative estimate of drug-likeness (QED) is 0.570. The average Bonchev–Trinajstić information content (AvgIpc) is 3.21. The van der Waals surface area contributed by atoms with Crippen LogP contribution in [0.2, 0.25) is 0 Å². The summed E-state index contributed by atoms with van der Waals surface area (Å²) in [6.07, 6.45) is 4.67. The third-order valence-corrected chi connectivity index (χ3v) is 4.90. The summed E-state index contributed by atoms with van der Waals surface area (Å²) in [5.41, 5.74) is 1.98. The summed E-state index contributed by atoms with van der Waals surface area (Å²) >= 11 is 0. The first kappa shape index (κ1) is 18.4. The second-order valence-corrected chi connectivity index (χ2v) is 6.68. The number of hydrogen-bond donors (Lipinski definition) is 2. The molecule has 0 aliphatic carbocycles. The lowest BCUT2D eigenvalue weighted by Gasteiger charge is -2.15. The van der Waals surface area contributed by atoms with Gasteiger partial charge in [0, 0.05) is 35.7 Å². The van der Waals surface area contributed by atoms with Crippen molar-refractivity contribution in [3.63, 3.8) is 0 Å². The van der Waals surface area contributed by atoms with Gasteiger partial charge in [0.25, 0.3) is 0 Å². The van der Waals surface area contributed by atoms with E-state index in [4.69, 9.17) is 19.3 Å². The van der Waals surface area contributed by atoms with Crippen molar-refractivity contribution in [1.29, 1.82) is 0 Å².